The van der Waals surface area contributed by atoms with E-state index in [4.69, 9.17) is 10.5 Å². The molecule has 0 saturated carbocycles. The Morgan fingerprint density at radius 2 is 2.19 bits per heavy atom. The molecular weight excluding hydrogens is 204 g/mol. The average molecular weight is 228 g/mol. The molecule has 4 nitrogen and oxygen atoms in total. The van der Waals surface area contributed by atoms with Crippen molar-refractivity contribution in [2.45, 2.75) is 45.7 Å². The summed E-state index contributed by atoms with van der Waals surface area (Å²) in [6.45, 7) is 9.96. The molecule has 0 radical (unpaired) electrons. The van der Waals surface area contributed by atoms with Crippen molar-refractivity contribution in [3.05, 3.63) is 0 Å². The van der Waals surface area contributed by atoms with Crippen molar-refractivity contribution in [1.29, 1.82) is 0 Å². The lowest BCUT2D eigenvalue weighted by Gasteiger charge is -2.30. The van der Waals surface area contributed by atoms with E-state index in [1.807, 2.05) is 0 Å². The van der Waals surface area contributed by atoms with Gasteiger partial charge in [-0.05, 0) is 33.1 Å². The summed E-state index contributed by atoms with van der Waals surface area (Å²) in [5.74, 6) is 0.384. The molecule has 1 fully saturated rings. The van der Waals surface area contributed by atoms with Gasteiger partial charge in [0.05, 0.1) is 6.61 Å². The number of carbonyl (C=O) groups excluding carboxylic acids is 1. The van der Waals surface area contributed by atoms with Crippen LogP contribution in [-0.2, 0) is 9.53 Å². The molecule has 1 heterocycles. The first-order valence-electron chi connectivity index (χ1n) is 6.07. The van der Waals surface area contributed by atoms with Crippen LogP contribution in [0.4, 0.5) is 0 Å². The van der Waals surface area contributed by atoms with E-state index in [0.29, 0.717) is 25.1 Å². The highest BCUT2D eigenvalue weighted by atomic mass is 16.5. The summed E-state index contributed by atoms with van der Waals surface area (Å²) in [6, 6.07) is 0.507. The lowest BCUT2D eigenvalue weighted by molar-refractivity contribution is -0.149. The van der Waals surface area contributed by atoms with Crippen molar-refractivity contribution in [2.75, 3.05) is 19.7 Å². The molecule has 3 unspecified atom stereocenters. The zero-order valence-electron chi connectivity index (χ0n) is 10.8. The van der Waals surface area contributed by atoms with E-state index in [9.17, 15) is 4.79 Å². The number of nitrogens with two attached hydrogens (primary N) is 1. The third-order valence-electron chi connectivity index (χ3n) is 3.19. The summed E-state index contributed by atoms with van der Waals surface area (Å²) in [6.07, 6.45) is 1.18. The van der Waals surface area contributed by atoms with Gasteiger partial charge in [0, 0.05) is 19.1 Å². The van der Waals surface area contributed by atoms with Crippen LogP contribution < -0.4 is 5.73 Å². The molecule has 0 amide bonds. The fourth-order valence-corrected chi connectivity index (χ4v) is 2.39. The standard InChI is InChI=1S/C12H24N2O2/c1-5-16-11(15)12(4,13)8-14-7-9(2)6-10(14)3/h9-10H,5-8,13H2,1-4H3. The van der Waals surface area contributed by atoms with Gasteiger partial charge < -0.3 is 10.5 Å². The molecule has 4 heteroatoms. The Balaban J connectivity index is 2.55. The first-order valence-corrected chi connectivity index (χ1v) is 6.07. The first-order chi connectivity index (χ1) is 7.36. The Morgan fingerprint density at radius 3 is 2.62 bits per heavy atom. The highest BCUT2D eigenvalue weighted by molar-refractivity contribution is 5.80. The summed E-state index contributed by atoms with van der Waals surface area (Å²) in [4.78, 5) is 13.9. The first kappa shape index (κ1) is 13.5. The number of nitrogens with zero attached hydrogens (tertiary/aromatic N) is 1. The van der Waals surface area contributed by atoms with Crippen LogP contribution in [0.2, 0.25) is 0 Å². The van der Waals surface area contributed by atoms with Crippen molar-refractivity contribution in [3.63, 3.8) is 0 Å². The smallest absolute Gasteiger partial charge is 0.327 e. The van der Waals surface area contributed by atoms with Gasteiger partial charge in [0.1, 0.15) is 5.54 Å². The van der Waals surface area contributed by atoms with E-state index >= 15 is 0 Å². The van der Waals surface area contributed by atoms with Gasteiger partial charge in [0.15, 0.2) is 0 Å². The van der Waals surface area contributed by atoms with Crippen LogP contribution in [0.5, 0.6) is 0 Å². The fourth-order valence-electron chi connectivity index (χ4n) is 2.39. The zero-order valence-corrected chi connectivity index (χ0v) is 10.8. The Hall–Kier alpha value is -0.610. The van der Waals surface area contributed by atoms with E-state index < -0.39 is 5.54 Å². The number of rotatable bonds is 4. The van der Waals surface area contributed by atoms with Crippen molar-refractivity contribution >= 4 is 5.97 Å². The van der Waals surface area contributed by atoms with Crippen molar-refractivity contribution in [2.24, 2.45) is 11.7 Å². The van der Waals surface area contributed by atoms with E-state index in [2.05, 4.69) is 18.7 Å². The molecule has 0 aliphatic carbocycles. The van der Waals surface area contributed by atoms with Crippen molar-refractivity contribution in [1.82, 2.24) is 4.90 Å². The lowest BCUT2D eigenvalue weighted by atomic mass is 10.0. The van der Waals surface area contributed by atoms with Gasteiger partial charge >= 0.3 is 5.97 Å². The lowest BCUT2D eigenvalue weighted by Crippen LogP contribution is -2.55. The zero-order chi connectivity index (χ0) is 12.3. The predicted molar refractivity (Wildman–Crippen MR) is 64.0 cm³/mol. The second-order valence-electron chi connectivity index (χ2n) is 5.26. The van der Waals surface area contributed by atoms with E-state index in [0.717, 1.165) is 6.54 Å². The summed E-state index contributed by atoms with van der Waals surface area (Å²) >= 11 is 0. The quantitative estimate of drug-likeness (QED) is 0.729. The number of hydrogen-bond acceptors (Lipinski definition) is 4. The number of carbonyl (C=O) groups is 1. The van der Waals surface area contributed by atoms with E-state index in [1.54, 1.807) is 13.8 Å². The number of likely N-dealkylation sites (tertiary alicyclic amines) is 1. The minimum absolute atomic E-state index is 0.304. The molecule has 2 N–H and O–H groups in total. The molecule has 0 aromatic heterocycles. The second kappa shape index (κ2) is 5.15. The Labute approximate surface area is 98.1 Å². The third kappa shape index (κ3) is 3.19. The predicted octanol–water partition coefficient (Wildman–Crippen LogP) is 0.997. The van der Waals surface area contributed by atoms with Crippen molar-refractivity contribution < 1.29 is 9.53 Å². The minimum atomic E-state index is -0.895. The Morgan fingerprint density at radius 1 is 1.56 bits per heavy atom. The van der Waals surface area contributed by atoms with Crippen LogP contribution in [0.1, 0.15) is 34.1 Å². The topological polar surface area (TPSA) is 55.6 Å². The van der Waals surface area contributed by atoms with Crippen LogP contribution in [0, 0.1) is 5.92 Å². The monoisotopic (exact) mass is 228 g/mol. The van der Waals surface area contributed by atoms with E-state index in [-0.39, 0.29) is 5.97 Å². The van der Waals surface area contributed by atoms with Crippen LogP contribution in [0.25, 0.3) is 0 Å². The third-order valence-corrected chi connectivity index (χ3v) is 3.19. The fraction of sp³-hybridized carbons (Fsp3) is 0.917. The average Bonchev–Trinajstić information content (AvgIpc) is 2.44. The van der Waals surface area contributed by atoms with Gasteiger partial charge in [-0.15, -0.1) is 0 Å². The summed E-state index contributed by atoms with van der Waals surface area (Å²) in [5, 5.41) is 0. The number of hydrogen-bond donors (Lipinski definition) is 1. The van der Waals surface area contributed by atoms with Gasteiger partial charge in [0.2, 0.25) is 0 Å². The maximum absolute atomic E-state index is 11.7. The molecule has 0 aromatic carbocycles. The Bertz CT molecular complexity index is 253. The molecule has 1 saturated heterocycles. The van der Waals surface area contributed by atoms with Crippen LogP contribution in [0.15, 0.2) is 0 Å². The van der Waals surface area contributed by atoms with Crippen LogP contribution in [0.3, 0.4) is 0 Å². The SMILES string of the molecule is CCOC(=O)C(C)(N)CN1CC(C)CC1C. The number of esters is 1. The van der Waals surface area contributed by atoms with Gasteiger partial charge in [-0.1, -0.05) is 6.92 Å². The molecule has 16 heavy (non-hydrogen) atoms. The van der Waals surface area contributed by atoms with Gasteiger partial charge in [0.25, 0.3) is 0 Å². The second-order valence-corrected chi connectivity index (χ2v) is 5.26. The molecule has 3 atom stereocenters. The molecule has 1 aliphatic rings. The Kier molecular flexibility index (Phi) is 4.33. The van der Waals surface area contributed by atoms with E-state index in [1.165, 1.54) is 6.42 Å². The minimum Gasteiger partial charge on any atom is -0.465 e. The largest absolute Gasteiger partial charge is 0.465 e. The van der Waals surface area contributed by atoms with Crippen LogP contribution >= 0.6 is 0 Å². The molecule has 94 valence electrons. The maximum atomic E-state index is 11.7. The highest BCUT2D eigenvalue weighted by Crippen LogP contribution is 2.23. The normalized spacial score (nSPS) is 30.1. The summed E-state index contributed by atoms with van der Waals surface area (Å²) in [7, 11) is 0. The number of ether oxygens (including phenoxy) is 1. The van der Waals surface area contributed by atoms with Gasteiger partial charge in [-0.2, -0.15) is 0 Å². The highest BCUT2D eigenvalue weighted by Gasteiger charge is 2.36. The van der Waals surface area contributed by atoms with Gasteiger partial charge in [-0.25, -0.2) is 0 Å². The molecule has 0 bridgehead atoms. The molecule has 1 aliphatic heterocycles. The molecule has 0 aromatic rings. The molecule has 1 rings (SSSR count). The molecule has 0 spiro atoms. The summed E-state index contributed by atoms with van der Waals surface area (Å²) in [5.41, 5.74) is 5.12. The molecular formula is C12H24N2O2. The maximum Gasteiger partial charge on any atom is 0.327 e. The summed E-state index contributed by atoms with van der Waals surface area (Å²) < 4.78 is 4.99. The van der Waals surface area contributed by atoms with Crippen molar-refractivity contribution in [3.8, 4) is 0 Å². The van der Waals surface area contributed by atoms with Crippen LogP contribution in [-0.4, -0.2) is 42.1 Å². The van der Waals surface area contributed by atoms with Gasteiger partial charge in [-0.3, -0.25) is 9.69 Å².